The van der Waals surface area contributed by atoms with E-state index in [2.05, 4.69) is 63.7 Å². The fourth-order valence-electron chi connectivity index (χ4n) is 5.59. The van der Waals surface area contributed by atoms with Gasteiger partial charge in [0.15, 0.2) is 5.82 Å². The number of H-pyrrole nitrogens is 1. The van der Waals surface area contributed by atoms with Crippen molar-refractivity contribution in [1.29, 1.82) is 0 Å². The Bertz CT molecular complexity index is 1330. The number of amides is 3. The van der Waals surface area contributed by atoms with Gasteiger partial charge in [0.25, 0.3) is 5.91 Å². The molecule has 2 aliphatic heterocycles. The molecule has 0 bridgehead atoms. The van der Waals surface area contributed by atoms with E-state index in [0.717, 1.165) is 72.8 Å². The molecular formula is C30H39N7O2. The van der Waals surface area contributed by atoms with Gasteiger partial charge in [-0.25, -0.2) is 4.79 Å². The molecule has 3 N–H and O–H groups in total. The zero-order chi connectivity index (χ0) is 27.7. The third kappa shape index (κ3) is 5.11. The number of aromatic nitrogens is 2. The zero-order valence-corrected chi connectivity index (χ0v) is 23.6. The van der Waals surface area contributed by atoms with Gasteiger partial charge >= 0.3 is 6.03 Å². The first-order valence-corrected chi connectivity index (χ1v) is 13.8. The van der Waals surface area contributed by atoms with Crippen LogP contribution >= 0.6 is 0 Å². The third-order valence-electron chi connectivity index (χ3n) is 8.18. The van der Waals surface area contributed by atoms with Gasteiger partial charge in [-0.15, -0.1) is 0 Å². The molecule has 0 atom stereocenters. The van der Waals surface area contributed by atoms with Gasteiger partial charge in [-0.1, -0.05) is 32.0 Å². The molecule has 5 rings (SSSR count). The fraction of sp³-hybridized carbons (Fsp3) is 0.433. The first-order valence-electron chi connectivity index (χ1n) is 13.8. The number of carbonyl (C=O) groups is 2. The standard InChI is InChI=1S/C30H39N7O2/c1-6-20-9-8-10-21(7-2)25(20)31-29(39)37-19-24-26(30(37,3)4)33-34-27(24)32-28(38)22-11-13-23(14-12-22)36-17-15-35(5)16-18-36/h8-14H,6-7,15-19H2,1-5H3,(H,31,39)(H2,32,33,34,38). The Kier molecular flexibility index (Phi) is 7.36. The minimum atomic E-state index is -0.618. The van der Waals surface area contributed by atoms with Gasteiger partial charge in [0.05, 0.1) is 17.8 Å². The van der Waals surface area contributed by atoms with Crippen molar-refractivity contribution in [2.75, 3.05) is 48.8 Å². The van der Waals surface area contributed by atoms with Gasteiger partial charge in [0, 0.05) is 48.7 Å². The van der Waals surface area contributed by atoms with Crippen molar-refractivity contribution in [3.05, 3.63) is 70.4 Å². The number of rotatable bonds is 6. The average Bonchev–Trinajstić information content (AvgIpc) is 3.46. The Labute approximate surface area is 230 Å². The number of urea groups is 1. The topological polar surface area (TPSA) is 96.6 Å². The van der Waals surface area contributed by atoms with E-state index in [4.69, 9.17) is 0 Å². The zero-order valence-electron chi connectivity index (χ0n) is 23.6. The molecule has 0 spiro atoms. The van der Waals surface area contributed by atoms with Gasteiger partial charge in [-0.05, 0) is 69.1 Å². The van der Waals surface area contributed by atoms with E-state index in [1.165, 1.54) is 0 Å². The number of piperazine rings is 1. The van der Waals surface area contributed by atoms with Crippen molar-refractivity contribution in [2.24, 2.45) is 0 Å². The number of likely N-dealkylation sites (N-methyl/N-ethyl adjacent to an activating group) is 1. The van der Waals surface area contributed by atoms with Crippen LogP contribution in [0.25, 0.3) is 0 Å². The SMILES string of the molecule is CCc1cccc(CC)c1NC(=O)N1Cc2c(NC(=O)c3ccc(N4CCN(C)CC4)cc3)n[nH]c2C1(C)C. The molecule has 1 aromatic heterocycles. The summed E-state index contributed by atoms with van der Waals surface area (Å²) >= 11 is 0. The van der Waals surface area contributed by atoms with E-state index in [0.29, 0.717) is 17.9 Å². The number of hydrogen-bond donors (Lipinski definition) is 3. The number of nitrogens with zero attached hydrogens (tertiary/aromatic N) is 4. The Morgan fingerprint density at radius 3 is 2.21 bits per heavy atom. The summed E-state index contributed by atoms with van der Waals surface area (Å²) in [5.41, 5.74) is 5.87. The lowest BCUT2D eigenvalue weighted by Gasteiger charge is -2.34. The number of nitrogens with one attached hydrogen (secondary N) is 3. The molecular weight excluding hydrogens is 490 g/mol. The number of anilines is 3. The molecule has 39 heavy (non-hydrogen) atoms. The highest BCUT2D eigenvalue weighted by Gasteiger charge is 2.44. The summed E-state index contributed by atoms with van der Waals surface area (Å²) in [4.78, 5) is 33.1. The number of hydrogen-bond acceptors (Lipinski definition) is 5. The normalized spacial score (nSPS) is 16.7. The predicted molar refractivity (Wildman–Crippen MR) is 155 cm³/mol. The molecule has 0 radical (unpaired) electrons. The van der Waals surface area contributed by atoms with Crippen LogP contribution in [0.2, 0.25) is 0 Å². The van der Waals surface area contributed by atoms with Crippen LogP contribution in [0.3, 0.4) is 0 Å². The molecule has 0 unspecified atom stereocenters. The molecule has 1 fully saturated rings. The molecule has 0 saturated carbocycles. The van der Waals surface area contributed by atoms with Crippen molar-refractivity contribution in [1.82, 2.24) is 20.0 Å². The summed E-state index contributed by atoms with van der Waals surface area (Å²) in [6.07, 6.45) is 1.67. The summed E-state index contributed by atoms with van der Waals surface area (Å²) in [5, 5.41) is 13.6. The summed E-state index contributed by atoms with van der Waals surface area (Å²) in [7, 11) is 2.14. The Balaban J connectivity index is 1.29. The lowest BCUT2D eigenvalue weighted by atomic mass is 10.0. The number of para-hydroxylation sites is 1. The molecule has 3 aromatic rings. The van der Waals surface area contributed by atoms with Crippen LogP contribution in [0.4, 0.5) is 22.0 Å². The highest BCUT2D eigenvalue weighted by Crippen LogP contribution is 2.41. The van der Waals surface area contributed by atoms with Crippen LogP contribution in [0.5, 0.6) is 0 Å². The molecule has 9 heteroatoms. The number of benzene rings is 2. The molecule has 9 nitrogen and oxygen atoms in total. The van der Waals surface area contributed by atoms with Crippen LogP contribution < -0.4 is 15.5 Å². The van der Waals surface area contributed by atoms with Crippen LogP contribution in [0.1, 0.15) is 60.4 Å². The van der Waals surface area contributed by atoms with Crippen molar-refractivity contribution < 1.29 is 9.59 Å². The number of carbonyl (C=O) groups excluding carboxylic acids is 2. The van der Waals surface area contributed by atoms with Gasteiger partial charge in [0.1, 0.15) is 0 Å². The lowest BCUT2D eigenvalue weighted by molar-refractivity contribution is 0.102. The van der Waals surface area contributed by atoms with Gasteiger partial charge in [-0.2, -0.15) is 5.10 Å². The smallest absolute Gasteiger partial charge is 0.322 e. The maximum absolute atomic E-state index is 13.6. The van der Waals surface area contributed by atoms with E-state index in [9.17, 15) is 9.59 Å². The second-order valence-corrected chi connectivity index (χ2v) is 11.0. The van der Waals surface area contributed by atoms with Crippen molar-refractivity contribution in [3.63, 3.8) is 0 Å². The summed E-state index contributed by atoms with van der Waals surface area (Å²) in [5.74, 6) is 0.240. The van der Waals surface area contributed by atoms with Crippen molar-refractivity contribution >= 4 is 29.1 Å². The van der Waals surface area contributed by atoms with Crippen LogP contribution in [0, 0.1) is 0 Å². The van der Waals surface area contributed by atoms with E-state index >= 15 is 0 Å². The van der Waals surface area contributed by atoms with Gasteiger partial charge in [0.2, 0.25) is 0 Å². The molecule has 1 saturated heterocycles. The number of aryl methyl sites for hydroxylation is 2. The average molecular weight is 530 g/mol. The Hall–Kier alpha value is -3.85. The highest BCUT2D eigenvalue weighted by molar-refractivity contribution is 6.04. The molecule has 2 aromatic carbocycles. The van der Waals surface area contributed by atoms with Crippen LogP contribution in [0.15, 0.2) is 42.5 Å². The molecule has 3 amide bonds. The van der Waals surface area contributed by atoms with E-state index < -0.39 is 5.54 Å². The van der Waals surface area contributed by atoms with E-state index in [1.54, 1.807) is 4.90 Å². The lowest BCUT2D eigenvalue weighted by Crippen LogP contribution is -2.44. The minimum Gasteiger partial charge on any atom is -0.369 e. The molecule has 0 aliphatic carbocycles. The largest absolute Gasteiger partial charge is 0.369 e. The Morgan fingerprint density at radius 1 is 0.949 bits per heavy atom. The summed E-state index contributed by atoms with van der Waals surface area (Å²) < 4.78 is 0. The maximum Gasteiger partial charge on any atom is 0.322 e. The molecule has 3 heterocycles. The summed E-state index contributed by atoms with van der Waals surface area (Å²) in [6, 6.07) is 13.7. The quantitative estimate of drug-likeness (QED) is 0.425. The minimum absolute atomic E-state index is 0.169. The monoisotopic (exact) mass is 529 g/mol. The molecule has 206 valence electrons. The third-order valence-corrected chi connectivity index (χ3v) is 8.18. The fourth-order valence-corrected chi connectivity index (χ4v) is 5.59. The number of fused-ring (bicyclic) bond motifs is 1. The van der Waals surface area contributed by atoms with Crippen molar-refractivity contribution in [2.45, 2.75) is 52.6 Å². The Morgan fingerprint density at radius 2 is 1.59 bits per heavy atom. The first-order chi connectivity index (χ1) is 18.7. The first kappa shape index (κ1) is 26.7. The van der Waals surface area contributed by atoms with Gasteiger partial charge in [-0.3, -0.25) is 9.89 Å². The second kappa shape index (κ2) is 10.7. The van der Waals surface area contributed by atoms with Crippen LogP contribution in [-0.2, 0) is 24.9 Å². The molecule has 2 aliphatic rings. The number of aromatic amines is 1. The highest BCUT2D eigenvalue weighted by atomic mass is 16.2. The van der Waals surface area contributed by atoms with E-state index in [-0.39, 0.29) is 11.9 Å². The maximum atomic E-state index is 13.6. The predicted octanol–water partition coefficient (Wildman–Crippen LogP) is 4.82. The van der Waals surface area contributed by atoms with Crippen molar-refractivity contribution in [3.8, 4) is 0 Å². The van der Waals surface area contributed by atoms with E-state index in [1.807, 2.05) is 44.2 Å². The van der Waals surface area contributed by atoms with Crippen LogP contribution in [-0.4, -0.2) is 65.2 Å². The van der Waals surface area contributed by atoms with Gasteiger partial charge < -0.3 is 25.3 Å². The second-order valence-electron chi connectivity index (χ2n) is 11.0. The summed E-state index contributed by atoms with van der Waals surface area (Å²) in [6.45, 7) is 12.5.